The van der Waals surface area contributed by atoms with Gasteiger partial charge in [-0.15, -0.1) is 0 Å². The summed E-state index contributed by atoms with van der Waals surface area (Å²) in [5, 5.41) is 6.51. The third kappa shape index (κ3) is 3.69. The lowest BCUT2D eigenvalue weighted by Gasteiger charge is -2.24. The van der Waals surface area contributed by atoms with Crippen LogP contribution in [0, 0.1) is 0 Å². The summed E-state index contributed by atoms with van der Waals surface area (Å²) in [4.78, 5) is 0.295. The molecule has 1 saturated heterocycles. The zero-order valence-corrected chi connectivity index (χ0v) is 12.6. The van der Waals surface area contributed by atoms with Crippen molar-refractivity contribution in [1.29, 1.82) is 0 Å². The van der Waals surface area contributed by atoms with E-state index in [0.29, 0.717) is 11.4 Å². The zero-order chi connectivity index (χ0) is 14.6. The molecule has 1 aromatic rings. The molecular weight excluding hydrogens is 278 g/mol. The van der Waals surface area contributed by atoms with Gasteiger partial charge in [0, 0.05) is 39.4 Å². The molecule has 112 valence electrons. The maximum Gasteiger partial charge on any atom is 0.242 e. The molecule has 20 heavy (non-hydrogen) atoms. The van der Waals surface area contributed by atoms with E-state index in [1.807, 2.05) is 0 Å². The fourth-order valence-corrected chi connectivity index (χ4v) is 2.84. The van der Waals surface area contributed by atoms with Crippen LogP contribution in [0.15, 0.2) is 29.2 Å². The highest BCUT2D eigenvalue weighted by atomic mass is 32.2. The van der Waals surface area contributed by atoms with Crippen molar-refractivity contribution in [2.75, 3.05) is 45.7 Å². The van der Waals surface area contributed by atoms with E-state index >= 15 is 0 Å². The summed E-state index contributed by atoms with van der Waals surface area (Å²) >= 11 is 0. The quantitative estimate of drug-likeness (QED) is 0.820. The molecule has 1 heterocycles. The first-order chi connectivity index (χ1) is 9.50. The average Bonchev–Trinajstić information content (AvgIpc) is 2.46. The number of nitrogens with zero attached hydrogens (tertiary/aromatic N) is 1. The molecule has 2 N–H and O–H groups in total. The summed E-state index contributed by atoms with van der Waals surface area (Å²) in [6.07, 6.45) is 0.147. The smallest absolute Gasteiger partial charge is 0.242 e. The van der Waals surface area contributed by atoms with Crippen molar-refractivity contribution in [3.05, 3.63) is 24.3 Å². The summed E-state index contributed by atoms with van der Waals surface area (Å²) in [7, 11) is -0.313. The van der Waals surface area contributed by atoms with Crippen molar-refractivity contribution < 1.29 is 13.2 Å². The van der Waals surface area contributed by atoms with Crippen molar-refractivity contribution in [3.63, 3.8) is 0 Å². The Balaban J connectivity index is 1.94. The molecule has 7 heteroatoms. The number of benzene rings is 1. The molecule has 0 aromatic heterocycles. The minimum absolute atomic E-state index is 0.147. The maximum absolute atomic E-state index is 11.9. The van der Waals surface area contributed by atoms with Crippen LogP contribution in [0.25, 0.3) is 0 Å². The number of rotatable bonds is 5. The molecule has 2 rings (SSSR count). The van der Waals surface area contributed by atoms with Gasteiger partial charge in [0.25, 0.3) is 0 Å². The van der Waals surface area contributed by atoms with E-state index in [2.05, 4.69) is 10.6 Å². The van der Waals surface area contributed by atoms with Gasteiger partial charge in [0.2, 0.25) is 10.0 Å². The second kappa shape index (κ2) is 6.53. The van der Waals surface area contributed by atoms with Crippen LogP contribution < -0.4 is 10.6 Å². The van der Waals surface area contributed by atoms with E-state index < -0.39 is 10.0 Å². The van der Waals surface area contributed by atoms with Crippen LogP contribution in [-0.2, 0) is 14.8 Å². The van der Waals surface area contributed by atoms with Crippen LogP contribution in [-0.4, -0.2) is 59.2 Å². The van der Waals surface area contributed by atoms with Crippen LogP contribution in [0.4, 0.5) is 5.69 Å². The lowest BCUT2D eigenvalue weighted by Crippen LogP contribution is -2.42. The Bertz CT molecular complexity index is 522. The molecule has 0 aliphatic carbocycles. The molecule has 0 saturated carbocycles. The van der Waals surface area contributed by atoms with Gasteiger partial charge in [0.1, 0.15) is 0 Å². The number of ether oxygens (including phenoxy) is 1. The summed E-state index contributed by atoms with van der Waals surface area (Å²) < 4.78 is 30.6. The molecule has 0 amide bonds. The van der Waals surface area contributed by atoms with Gasteiger partial charge in [-0.05, 0) is 24.3 Å². The average molecular weight is 299 g/mol. The Kier molecular flexibility index (Phi) is 4.98. The van der Waals surface area contributed by atoms with E-state index in [1.165, 1.54) is 18.4 Å². The van der Waals surface area contributed by atoms with Gasteiger partial charge < -0.3 is 15.4 Å². The van der Waals surface area contributed by atoms with Crippen LogP contribution in [0.1, 0.15) is 0 Å². The molecule has 1 aromatic carbocycles. The third-order valence-electron chi connectivity index (χ3n) is 3.17. The molecule has 1 aliphatic rings. The maximum atomic E-state index is 11.9. The lowest BCUT2D eigenvalue weighted by molar-refractivity contribution is 0.0372. The standard InChI is InChI=1S/C13H21N3O3S/c1-16(2)20(17,18)13-5-3-11(4-6-13)15-10-12-9-14-7-8-19-12/h3-6,12,14-15H,7-10H2,1-2H3. The van der Waals surface area contributed by atoms with Gasteiger partial charge in [-0.1, -0.05) is 0 Å². The third-order valence-corrected chi connectivity index (χ3v) is 5.00. The number of morpholine rings is 1. The predicted molar refractivity (Wildman–Crippen MR) is 78.4 cm³/mol. The minimum atomic E-state index is -3.36. The highest BCUT2D eigenvalue weighted by Gasteiger charge is 2.17. The van der Waals surface area contributed by atoms with Crippen molar-refractivity contribution in [3.8, 4) is 0 Å². The second-order valence-electron chi connectivity index (χ2n) is 4.89. The number of hydrogen-bond acceptors (Lipinski definition) is 5. The van der Waals surface area contributed by atoms with E-state index in [0.717, 1.165) is 25.4 Å². The first-order valence-corrected chi connectivity index (χ1v) is 8.03. The number of anilines is 1. The number of sulfonamides is 1. The summed E-state index contributed by atoms with van der Waals surface area (Å²) in [6.45, 7) is 3.16. The van der Waals surface area contributed by atoms with Crippen molar-refractivity contribution in [2.45, 2.75) is 11.0 Å². The zero-order valence-electron chi connectivity index (χ0n) is 11.8. The Morgan fingerprint density at radius 1 is 1.35 bits per heavy atom. The van der Waals surface area contributed by atoms with E-state index in [4.69, 9.17) is 4.74 Å². The van der Waals surface area contributed by atoms with Gasteiger partial charge in [-0.2, -0.15) is 0 Å². The fraction of sp³-hybridized carbons (Fsp3) is 0.538. The lowest BCUT2D eigenvalue weighted by atomic mass is 10.2. The largest absolute Gasteiger partial charge is 0.382 e. The first kappa shape index (κ1) is 15.2. The van der Waals surface area contributed by atoms with Gasteiger partial charge in [-0.3, -0.25) is 0 Å². The number of hydrogen-bond donors (Lipinski definition) is 2. The molecule has 1 fully saturated rings. The van der Waals surface area contributed by atoms with Crippen LogP contribution in [0.2, 0.25) is 0 Å². The van der Waals surface area contributed by atoms with E-state index in [-0.39, 0.29) is 6.10 Å². The van der Waals surface area contributed by atoms with E-state index in [9.17, 15) is 8.42 Å². The first-order valence-electron chi connectivity index (χ1n) is 6.59. The minimum Gasteiger partial charge on any atom is -0.382 e. The van der Waals surface area contributed by atoms with E-state index in [1.54, 1.807) is 24.3 Å². The normalized spacial score (nSPS) is 20.1. The van der Waals surface area contributed by atoms with Gasteiger partial charge in [0.05, 0.1) is 17.6 Å². The molecule has 0 radical (unpaired) electrons. The van der Waals surface area contributed by atoms with Gasteiger partial charge in [-0.25, -0.2) is 12.7 Å². The Morgan fingerprint density at radius 3 is 2.60 bits per heavy atom. The van der Waals surface area contributed by atoms with Crippen molar-refractivity contribution >= 4 is 15.7 Å². The molecule has 6 nitrogen and oxygen atoms in total. The Hall–Kier alpha value is -1.15. The highest BCUT2D eigenvalue weighted by molar-refractivity contribution is 7.89. The molecule has 1 atom stereocenters. The summed E-state index contributed by atoms with van der Waals surface area (Å²) in [5.41, 5.74) is 0.886. The molecule has 1 aliphatic heterocycles. The highest BCUT2D eigenvalue weighted by Crippen LogP contribution is 2.16. The van der Waals surface area contributed by atoms with Crippen LogP contribution in [0.5, 0.6) is 0 Å². The molecular formula is C13H21N3O3S. The summed E-state index contributed by atoms with van der Waals surface area (Å²) in [6, 6.07) is 6.76. The Labute approximate surface area is 120 Å². The SMILES string of the molecule is CN(C)S(=O)(=O)c1ccc(NCC2CNCCO2)cc1. The van der Waals surface area contributed by atoms with Crippen LogP contribution >= 0.6 is 0 Å². The molecule has 0 bridgehead atoms. The van der Waals surface area contributed by atoms with Crippen molar-refractivity contribution in [1.82, 2.24) is 9.62 Å². The summed E-state index contributed by atoms with van der Waals surface area (Å²) in [5.74, 6) is 0. The fourth-order valence-electron chi connectivity index (χ4n) is 1.94. The van der Waals surface area contributed by atoms with Crippen molar-refractivity contribution in [2.24, 2.45) is 0 Å². The molecule has 1 unspecified atom stereocenters. The van der Waals surface area contributed by atoms with Crippen LogP contribution in [0.3, 0.4) is 0 Å². The molecule has 0 spiro atoms. The monoisotopic (exact) mass is 299 g/mol. The topological polar surface area (TPSA) is 70.7 Å². The second-order valence-corrected chi connectivity index (χ2v) is 7.04. The Morgan fingerprint density at radius 2 is 2.05 bits per heavy atom. The van der Waals surface area contributed by atoms with Gasteiger partial charge in [0.15, 0.2) is 0 Å². The van der Waals surface area contributed by atoms with Gasteiger partial charge >= 0.3 is 0 Å². The predicted octanol–water partition coefficient (Wildman–Crippen LogP) is 0.337. The number of nitrogens with one attached hydrogen (secondary N) is 2.